The van der Waals surface area contributed by atoms with E-state index in [-0.39, 0.29) is 6.04 Å². The van der Waals surface area contributed by atoms with Gasteiger partial charge < -0.3 is 9.73 Å². The molecule has 0 fully saturated rings. The number of para-hydroxylation sites is 1. The standard InChI is InChI=1S/C17H20N2OS/c1-3-9-18-14(17-12(2)8-10-20-17)11-16-19-13-6-4-5-7-15(13)21-16/h4-8,10,14,18H,3,9,11H2,1-2H3. The van der Waals surface area contributed by atoms with Crippen molar-refractivity contribution in [3.05, 3.63) is 52.9 Å². The Kier molecular flexibility index (Phi) is 4.36. The van der Waals surface area contributed by atoms with E-state index in [2.05, 4.69) is 37.4 Å². The van der Waals surface area contributed by atoms with Gasteiger partial charge in [-0.05, 0) is 43.7 Å². The van der Waals surface area contributed by atoms with Crippen LogP contribution in [0.1, 0.15) is 35.7 Å². The molecule has 0 aliphatic carbocycles. The lowest BCUT2D eigenvalue weighted by Crippen LogP contribution is -2.24. The van der Waals surface area contributed by atoms with E-state index >= 15 is 0 Å². The summed E-state index contributed by atoms with van der Waals surface area (Å²) in [5.74, 6) is 1.03. The van der Waals surface area contributed by atoms with Crippen LogP contribution in [0.3, 0.4) is 0 Å². The molecule has 2 aromatic heterocycles. The van der Waals surface area contributed by atoms with E-state index < -0.39 is 0 Å². The molecule has 110 valence electrons. The van der Waals surface area contributed by atoms with Gasteiger partial charge in [0.05, 0.1) is 27.5 Å². The average molecular weight is 300 g/mol. The molecule has 21 heavy (non-hydrogen) atoms. The fraction of sp³-hybridized carbons (Fsp3) is 0.353. The van der Waals surface area contributed by atoms with Crippen LogP contribution in [0.4, 0.5) is 0 Å². The summed E-state index contributed by atoms with van der Waals surface area (Å²) in [6.45, 7) is 5.25. The zero-order valence-electron chi connectivity index (χ0n) is 12.4. The summed E-state index contributed by atoms with van der Waals surface area (Å²) in [6, 6.07) is 10.5. The number of aryl methyl sites for hydroxylation is 1. The van der Waals surface area contributed by atoms with Gasteiger partial charge in [-0.2, -0.15) is 0 Å². The third-order valence-electron chi connectivity index (χ3n) is 3.58. The van der Waals surface area contributed by atoms with Crippen molar-refractivity contribution in [2.24, 2.45) is 0 Å². The number of nitrogens with zero attached hydrogens (tertiary/aromatic N) is 1. The number of nitrogens with one attached hydrogen (secondary N) is 1. The van der Waals surface area contributed by atoms with Gasteiger partial charge in [-0.3, -0.25) is 0 Å². The summed E-state index contributed by atoms with van der Waals surface area (Å²) in [7, 11) is 0. The van der Waals surface area contributed by atoms with Crippen LogP contribution in [0.15, 0.2) is 41.0 Å². The molecule has 0 aliphatic rings. The molecular weight excluding hydrogens is 280 g/mol. The van der Waals surface area contributed by atoms with Crippen molar-refractivity contribution in [1.82, 2.24) is 10.3 Å². The highest BCUT2D eigenvalue weighted by Crippen LogP contribution is 2.27. The lowest BCUT2D eigenvalue weighted by atomic mass is 10.1. The van der Waals surface area contributed by atoms with E-state index in [1.807, 2.05) is 12.1 Å². The summed E-state index contributed by atoms with van der Waals surface area (Å²) >= 11 is 1.77. The molecule has 0 amide bonds. The third-order valence-corrected chi connectivity index (χ3v) is 4.63. The van der Waals surface area contributed by atoms with E-state index in [4.69, 9.17) is 9.40 Å². The molecule has 0 spiro atoms. The molecule has 2 heterocycles. The number of fused-ring (bicyclic) bond motifs is 1. The minimum atomic E-state index is 0.195. The Balaban J connectivity index is 1.85. The van der Waals surface area contributed by atoms with Crippen LogP contribution in [0.25, 0.3) is 10.2 Å². The molecule has 1 aromatic carbocycles. The summed E-state index contributed by atoms with van der Waals surface area (Å²) in [4.78, 5) is 4.74. The van der Waals surface area contributed by atoms with Crippen LogP contribution in [0.2, 0.25) is 0 Å². The predicted molar refractivity (Wildman–Crippen MR) is 87.8 cm³/mol. The van der Waals surface area contributed by atoms with Gasteiger partial charge in [-0.1, -0.05) is 19.1 Å². The molecule has 0 saturated heterocycles. The summed E-state index contributed by atoms with van der Waals surface area (Å²) in [5.41, 5.74) is 2.28. The van der Waals surface area contributed by atoms with Gasteiger partial charge in [0.1, 0.15) is 5.76 Å². The number of hydrogen-bond acceptors (Lipinski definition) is 4. The lowest BCUT2D eigenvalue weighted by Gasteiger charge is -2.16. The second-order valence-electron chi connectivity index (χ2n) is 5.25. The van der Waals surface area contributed by atoms with Gasteiger partial charge in [0.15, 0.2) is 0 Å². The highest BCUT2D eigenvalue weighted by Gasteiger charge is 2.19. The molecule has 1 atom stereocenters. The van der Waals surface area contributed by atoms with E-state index in [0.717, 1.165) is 35.7 Å². The maximum atomic E-state index is 5.68. The minimum absolute atomic E-state index is 0.195. The van der Waals surface area contributed by atoms with Crippen LogP contribution in [0, 0.1) is 6.92 Å². The molecule has 3 aromatic rings. The van der Waals surface area contributed by atoms with Crippen LogP contribution in [-0.4, -0.2) is 11.5 Å². The van der Waals surface area contributed by atoms with Gasteiger partial charge in [0.25, 0.3) is 0 Å². The first-order valence-electron chi connectivity index (χ1n) is 7.39. The molecule has 1 unspecified atom stereocenters. The largest absolute Gasteiger partial charge is 0.467 e. The van der Waals surface area contributed by atoms with Crippen molar-refractivity contribution in [1.29, 1.82) is 0 Å². The quantitative estimate of drug-likeness (QED) is 0.729. The number of aromatic nitrogens is 1. The average Bonchev–Trinajstić information content (AvgIpc) is 3.08. The number of furan rings is 1. The molecule has 3 nitrogen and oxygen atoms in total. The summed E-state index contributed by atoms with van der Waals surface area (Å²) < 4.78 is 6.93. The first-order valence-corrected chi connectivity index (χ1v) is 8.21. The Labute approximate surface area is 129 Å². The predicted octanol–water partition coefficient (Wildman–Crippen LogP) is 4.48. The van der Waals surface area contributed by atoms with Crippen molar-refractivity contribution >= 4 is 21.6 Å². The Hall–Kier alpha value is -1.65. The summed E-state index contributed by atoms with van der Waals surface area (Å²) in [5, 5.41) is 4.73. The number of thiazole rings is 1. The normalized spacial score (nSPS) is 12.9. The van der Waals surface area contributed by atoms with Crippen LogP contribution in [0.5, 0.6) is 0 Å². The first-order chi connectivity index (χ1) is 10.3. The van der Waals surface area contributed by atoms with Gasteiger partial charge in [0.2, 0.25) is 0 Å². The number of rotatable bonds is 6. The van der Waals surface area contributed by atoms with Crippen molar-refractivity contribution in [2.75, 3.05) is 6.54 Å². The number of benzene rings is 1. The molecule has 3 rings (SSSR count). The highest BCUT2D eigenvalue weighted by molar-refractivity contribution is 7.18. The van der Waals surface area contributed by atoms with Crippen molar-refractivity contribution < 1.29 is 4.42 Å². The fourth-order valence-electron chi connectivity index (χ4n) is 2.50. The van der Waals surface area contributed by atoms with Crippen LogP contribution in [-0.2, 0) is 6.42 Å². The zero-order valence-corrected chi connectivity index (χ0v) is 13.2. The van der Waals surface area contributed by atoms with E-state index in [1.165, 1.54) is 10.3 Å². The van der Waals surface area contributed by atoms with E-state index in [0.29, 0.717) is 0 Å². The third kappa shape index (κ3) is 3.17. The molecule has 0 bridgehead atoms. The van der Waals surface area contributed by atoms with E-state index in [9.17, 15) is 0 Å². The fourth-order valence-corrected chi connectivity index (χ4v) is 3.51. The monoisotopic (exact) mass is 300 g/mol. The van der Waals surface area contributed by atoms with Crippen LogP contribution < -0.4 is 5.32 Å². The topological polar surface area (TPSA) is 38.1 Å². The van der Waals surface area contributed by atoms with E-state index in [1.54, 1.807) is 17.6 Å². The SMILES string of the molecule is CCCNC(Cc1nc2ccccc2s1)c1occc1C. The highest BCUT2D eigenvalue weighted by atomic mass is 32.1. The van der Waals surface area contributed by atoms with Crippen molar-refractivity contribution in [2.45, 2.75) is 32.7 Å². The zero-order chi connectivity index (χ0) is 14.7. The smallest absolute Gasteiger partial charge is 0.124 e. The van der Waals surface area contributed by atoms with Gasteiger partial charge >= 0.3 is 0 Å². The second-order valence-corrected chi connectivity index (χ2v) is 6.37. The molecule has 4 heteroatoms. The molecule has 0 radical (unpaired) electrons. The van der Waals surface area contributed by atoms with Crippen molar-refractivity contribution in [3.63, 3.8) is 0 Å². The molecular formula is C17H20N2OS. The maximum Gasteiger partial charge on any atom is 0.124 e. The van der Waals surface area contributed by atoms with Gasteiger partial charge in [-0.15, -0.1) is 11.3 Å². The Morgan fingerprint density at radius 3 is 2.86 bits per heavy atom. The number of hydrogen-bond donors (Lipinski definition) is 1. The second kappa shape index (κ2) is 6.41. The molecule has 0 saturated carbocycles. The van der Waals surface area contributed by atoms with Crippen molar-refractivity contribution in [3.8, 4) is 0 Å². The first kappa shape index (κ1) is 14.3. The Bertz CT molecular complexity index is 683. The van der Waals surface area contributed by atoms with Gasteiger partial charge in [0, 0.05) is 6.42 Å². The summed E-state index contributed by atoms with van der Waals surface area (Å²) in [6.07, 6.45) is 3.74. The van der Waals surface area contributed by atoms with Gasteiger partial charge in [-0.25, -0.2) is 4.98 Å². The Morgan fingerprint density at radius 2 is 2.14 bits per heavy atom. The molecule has 0 aliphatic heterocycles. The lowest BCUT2D eigenvalue weighted by molar-refractivity contribution is 0.407. The minimum Gasteiger partial charge on any atom is -0.467 e. The molecule has 1 N–H and O–H groups in total. The Morgan fingerprint density at radius 1 is 1.29 bits per heavy atom. The maximum absolute atomic E-state index is 5.68. The van der Waals surface area contributed by atoms with Crippen LogP contribution >= 0.6 is 11.3 Å².